The van der Waals surface area contributed by atoms with Crippen LogP contribution in [0.25, 0.3) is 6.08 Å². The van der Waals surface area contributed by atoms with Crippen LogP contribution < -0.4 is 10.1 Å². The lowest BCUT2D eigenvalue weighted by Gasteiger charge is -2.09. The first kappa shape index (κ1) is 16.0. The van der Waals surface area contributed by atoms with Gasteiger partial charge in [0, 0.05) is 12.3 Å². The fraction of sp³-hybridized carbons (Fsp3) is 0.176. The van der Waals surface area contributed by atoms with Crippen molar-refractivity contribution in [1.29, 1.82) is 0 Å². The van der Waals surface area contributed by atoms with Crippen LogP contribution in [0.2, 0.25) is 5.15 Å². The summed E-state index contributed by atoms with van der Waals surface area (Å²) < 4.78 is 5.22. The van der Waals surface area contributed by atoms with Crippen LogP contribution in [0.5, 0.6) is 5.75 Å². The summed E-state index contributed by atoms with van der Waals surface area (Å²) in [7, 11) is 1.63. The molecule has 0 radical (unpaired) electrons. The molecule has 1 N–H and O–H groups in total. The zero-order valence-corrected chi connectivity index (χ0v) is 13.4. The summed E-state index contributed by atoms with van der Waals surface area (Å²) in [6.45, 7) is 3.95. The number of hydrogen-bond acceptors (Lipinski definition) is 3. The Bertz CT molecular complexity index is 703. The van der Waals surface area contributed by atoms with E-state index in [1.54, 1.807) is 31.5 Å². The smallest absolute Gasteiger partial charge is 0.248 e. The van der Waals surface area contributed by atoms with Crippen LogP contribution in [-0.2, 0) is 4.79 Å². The minimum absolute atomic E-state index is 0.260. The molecule has 0 atom stereocenters. The lowest BCUT2D eigenvalue weighted by Crippen LogP contribution is -2.08. The number of carbonyl (C=O) groups is 1. The number of aromatic nitrogens is 1. The molecule has 0 aliphatic rings. The number of methoxy groups -OCH3 is 1. The first-order valence-electron chi connectivity index (χ1n) is 6.76. The molecule has 2 rings (SSSR count). The zero-order chi connectivity index (χ0) is 16.1. The molecule has 0 saturated carbocycles. The third kappa shape index (κ3) is 3.86. The van der Waals surface area contributed by atoms with Gasteiger partial charge in [-0.05, 0) is 60.9 Å². The number of amides is 1. The summed E-state index contributed by atoms with van der Waals surface area (Å²) in [4.78, 5) is 15.9. The van der Waals surface area contributed by atoms with E-state index >= 15 is 0 Å². The largest absolute Gasteiger partial charge is 0.497 e. The second kappa shape index (κ2) is 7.09. The maximum atomic E-state index is 12.0. The Kier molecular flexibility index (Phi) is 5.17. The summed E-state index contributed by atoms with van der Waals surface area (Å²) in [6.07, 6.45) is 4.83. The van der Waals surface area contributed by atoms with Gasteiger partial charge in [-0.25, -0.2) is 4.98 Å². The van der Waals surface area contributed by atoms with Crippen LogP contribution in [0, 0.1) is 13.8 Å². The van der Waals surface area contributed by atoms with Crippen molar-refractivity contribution in [3.8, 4) is 5.75 Å². The number of carbonyl (C=O) groups excluding carboxylic acids is 1. The lowest BCUT2D eigenvalue weighted by molar-refractivity contribution is -0.111. The van der Waals surface area contributed by atoms with Gasteiger partial charge in [0.15, 0.2) is 5.15 Å². The minimum atomic E-state index is -0.260. The van der Waals surface area contributed by atoms with Crippen molar-refractivity contribution in [2.45, 2.75) is 13.8 Å². The SMILES string of the molecule is COc1cc(C)c(/C=C/C(=O)Nc2cccnc2Cl)c(C)c1. The van der Waals surface area contributed by atoms with Gasteiger partial charge in [0.2, 0.25) is 5.91 Å². The van der Waals surface area contributed by atoms with Crippen molar-refractivity contribution in [1.82, 2.24) is 4.98 Å². The fourth-order valence-corrected chi connectivity index (χ4v) is 2.29. The van der Waals surface area contributed by atoms with Gasteiger partial charge in [0.25, 0.3) is 0 Å². The molecule has 1 aromatic carbocycles. The van der Waals surface area contributed by atoms with Gasteiger partial charge in [-0.15, -0.1) is 0 Å². The summed E-state index contributed by atoms with van der Waals surface area (Å²) in [5.74, 6) is 0.545. The fourth-order valence-electron chi connectivity index (χ4n) is 2.13. The van der Waals surface area contributed by atoms with Crippen LogP contribution >= 0.6 is 11.6 Å². The predicted octanol–water partition coefficient (Wildman–Crippen LogP) is 4.01. The summed E-state index contributed by atoms with van der Waals surface area (Å²) >= 11 is 5.91. The number of nitrogens with zero attached hydrogens (tertiary/aromatic N) is 1. The number of halogens is 1. The van der Waals surface area contributed by atoms with E-state index < -0.39 is 0 Å². The molecule has 0 bridgehead atoms. The number of hydrogen-bond donors (Lipinski definition) is 1. The molecule has 5 heteroatoms. The number of aryl methyl sites for hydroxylation is 2. The number of anilines is 1. The molecule has 1 amide bonds. The van der Waals surface area contributed by atoms with E-state index in [1.165, 1.54) is 6.08 Å². The molecular weight excluding hydrogens is 300 g/mol. The average molecular weight is 317 g/mol. The van der Waals surface area contributed by atoms with Crippen molar-refractivity contribution >= 4 is 29.3 Å². The van der Waals surface area contributed by atoms with Gasteiger partial charge < -0.3 is 10.1 Å². The van der Waals surface area contributed by atoms with Gasteiger partial charge in [0.1, 0.15) is 5.75 Å². The van der Waals surface area contributed by atoms with Gasteiger partial charge in [-0.3, -0.25) is 4.79 Å². The highest BCUT2D eigenvalue weighted by atomic mass is 35.5. The van der Waals surface area contributed by atoms with Crippen LogP contribution in [-0.4, -0.2) is 18.0 Å². The van der Waals surface area contributed by atoms with Crippen LogP contribution in [0.1, 0.15) is 16.7 Å². The van der Waals surface area contributed by atoms with Gasteiger partial charge in [-0.2, -0.15) is 0 Å². The van der Waals surface area contributed by atoms with Crippen molar-refractivity contribution in [2.75, 3.05) is 12.4 Å². The molecule has 114 valence electrons. The van der Waals surface area contributed by atoms with E-state index in [9.17, 15) is 4.79 Å². The average Bonchev–Trinajstić information content (AvgIpc) is 2.48. The standard InChI is InChI=1S/C17H17ClN2O2/c1-11-9-13(22-3)10-12(2)14(11)6-7-16(21)20-15-5-4-8-19-17(15)18/h4-10H,1-3H3,(H,20,21)/b7-6+. The van der Waals surface area contributed by atoms with Crippen molar-refractivity contribution in [2.24, 2.45) is 0 Å². The topological polar surface area (TPSA) is 51.2 Å². The van der Waals surface area contributed by atoms with Crippen LogP contribution in [0.4, 0.5) is 5.69 Å². The van der Waals surface area contributed by atoms with Crippen molar-refractivity contribution in [3.63, 3.8) is 0 Å². The molecule has 0 aliphatic carbocycles. The van der Waals surface area contributed by atoms with Crippen LogP contribution in [0.15, 0.2) is 36.5 Å². The predicted molar refractivity (Wildman–Crippen MR) is 89.4 cm³/mol. The third-order valence-corrected chi connectivity index (χ3v) is 3.52. The molecule has 0 saturated heterocycles. The van der Waals surface area contributed by atoms with E-state index in [2.05, 4.69) is 10.3 Å². The monoisotopic (exact) mass is 316 g/mol. The maximum Gasteiger partial charge on any atom is 0.248 e. The lowest BCUT2D eigenvalue weighted by atomic mass is 10.0. The molecule has 0 fully saturated rings. The number of nitrogens with one attached hydrogen (secondary N) is 1. The molecular formula is C17H17ClN2O2. The normalized spacial score (nSPS) is 10.7. The summed E-state index contributed by atoms with van der Waals surface area (Å²) in [6, 6.07) is 7.28. The van der Waals surface area contributed by atoms with Gasteiger partial charge >= 0.3 is 0 Å². The first-order chi connectivity index (χ1) is 10.5. The number of benzene rings is 1. The Morgan fingerprint density at radius 3 is 2.59 bits per heavy atom. The highest BCUT2D eigenvalue weighted by Crippen LogP contribution is 2.23. The molecule has 0 aliphatic heterocycles. The molecule has 2 aromatic rings. The number of rotatable bonds is 4. The minimum Gasteiger partial charge on any atom is -0.497 e. The Morgan fingerprint density at radius 1 is 1.32 bits per heavy atom. The zero-order valence-electron chi connectivity index (χ0n) is 12.7. The summed E-state index contributed by atoms with van der Waals surface area (Å²) in [5.41, 5.74) is 3.57. The van der Waals surface area contributed by atoms with Crippen molar-refractivity contribution < 1.29 is 9.53 Å². The molecule has 1 heterocycles. The second-order valence-electron chi connectivity index (χ2n) is 4.84. The molecule has 22 heavy (non-hydrogen) atoms. The highest BCUT2D eigenvalue weighted by molar-refractivity contribution is 6.32. The van der Waals surface area contributed by atoms with E-state index in [1.807, 2.05) is 26.0 Å². The van der Waals surface area contributed by atoms with E-state index in [0.717, 1.165) is 22.4 Å². The molecule has 1 aromatic heterocycles. The summed E-state index contributed by atoms with van der Waals surface area (Å²) in [5, 5.41) is 2.96. The Labute approximate surface area is 134 Å². The Morgan fingerprint density at radius 2 is 2.00 bits per heavy atom. The Balaban J connectivity index is 2.15. The first-order valence-corrected chi connectivity index (χ1v) is 7.14. The molecule has 0 spiro atoms. The van der Waals surface area contributed by atoms with E-state index in [4.69, 9.17) is 16.3 Å². The Hall–Kier alpha value is -2.33. The maximum absolute atomic E-state index is 12.0. The van der Waals surface area contributed by atoms with E-state index in [-0.39, 0.29) is 11.1 Å². The molecule has 4 nitrogen and oxygen atoms in total. The van der Waals surface area contributed by atoms with E-state index in [0.29, 0.717) is 5.69 Å². The van der Waals surface area contributed by atoms with Gasteiger partial charge in [-0.1, -0.05) is 11.6 Å². The van der Waals surface area contributed by atoms with Crippen molar-refractivity contribution in [3.05, 3.63) is 58.4 Å². The van der Waals surface area contributed by atoms with Crippen LogP contribution in [0.3, 0.4) is 0 Å². The second-order valence-corrected chi connectivity index (χ2v) is 5.20. The molecule has 0 unspecified atom stereocenters. The number of ether oxygens (including phenoxy) is 1. The highest BCUT2D eigenvalue weighted by Gasteiger charge is 2.05. The third-order valence-electron chi connectivity index (χ3n) is 3.22. The quantitative estimate of drug-likeness (QED) is 0.685. The number of pyridine rings is 1. The van der Waals surface area contributed by atoms with Gasteiger partial charge in [0.05, 0.1) is 12.8 Å².